The molecule has 5 atom stereocenters. The lowest BCUT2D eigenvalue weighted by atomic mass is 10.1. The highest BCUT2D eigenvalue weighted by Crippen LogP contribution is 2.43. The monoisotopic (exact) mass is 486 g/mol. The zero-order valence-corrected chi connectivity index (χ0v) is 18.9. The summed E-state index contributed by atoms with van der Waals surface area (Å²) in [5, 5.41) is 0. The number of nitrogens with one attached hydrogen (secondary N) is 1. The zero-order valence-electron chi connectivity index (χ0n) is 18.1. The second kappa shape index (κ2) is 8.93. The first kappa shape index (κ1) is 22.7. The number of hydrogen-bond acceptors (Lipinski definition) is 8. The fraction of sp³-hybridized carbons (Fsp3) is 0.304. The third-order valence-corrected chi connectivity index (χ3v) is 7.04. The smallest absolute Gasteiger partial charge is 0.330 e. The summed E-state index contributed by atoms with van der Waals surface area (Å²) >= 11 is 0. The van der Waals surface area contributed by atoms with Crippen LogP contribution in [0.5, 0.6) is 0 Å². The molecule has 2 fully saturated rings. The van der Waals surface area contributed by atoms with Gasteiger partial charge in [0.05, 0.1) is 11.5 Å². The Hall–Kier alpha value is -3.09. The van der Waals surface area contributed by atoms with E-state index in [1.54, 1.807) is 12.1 Å². The van der Waals surface area contributed by atoms with E-state index < -0.39 is 52.2 Å². The van der Waals surface area contributed by atoms with Crippen molar-refractivity contribution in [3.8, 4) is 0 Å². The fourth-order valence-electron chi connectivity index (χ4n) is 4.02. The molecule has 3 aromatic rings. The molecule has 0 radical (unpaired) electrons. The van der Waals surface area contributed by atoms with Crippen molar-refractivity contribution in [1.29, 1.82) is 0 Å². The molecule has 10 nitrogen and oxygen atoms in total. The predicted octanol–water partition coefficient (Wildman–Crippen LogP) is 1.63. The number of nitrogens with zero attached hydrogens (tertiary/aromatic N) is 1. The molecule has 2 aliphatic rings. The van der Waals surface area contributed by atoms with Crippen LogP contribution in [-0.4, -0.2) is 42.9 Å². The Labute approximate surface area is 194 Å². The van der Waals surface area contributed by atoms with Crippen LogP contribution < -0.4 is 11.2 Å². The Balaban J connectivity index is 1.41. The van der Waals surface area contributed by atoms with Gasteiger partial charge in [0.1, 0.15) is 18.3 Å². The van der Waals surface area contributed by atoms with Crippen LogP contribution >= 0.6 is 0 Å². The number of hydrogen-bond donors (Lipinski definition) is 1. The first-order valence-electron chi connectivity index (χ1n) is 10.6. The normalized spacial score (nSPS) is 26.4. The maximum Gasteiger partial charge on any atom is 0.330 e. The SMILES string of the molecule is Cc1ccc(S(=O)(=O)OC[C@H]2O[C@@H](n3ccc(=O)[nH]c3=O)[C@@H]3OC(c4ccccc4)O[C@@H]32)cc1. The number of ether oxygens (including phenoxy) is 3. The van der Waals surface area contributed by atoms with Gasteiger partial charge in [-0.1, -0.05) is 48.0 Å². The number of rotatable bonds is 6. The van der Waals surface area contributed by atoms with Crippen molar-refractivity contribution in [3.63, 3.8) is 0 Å². The second-order valence-corrected chi connectivity index (χ2v) is 9.69. The van der Waals surface area contributed by atoms with E-state index in [2.05, 4.69) is 4.98 Å². The van der Waals surface area contributed by atoms with Crippen molar-refractivity contribution >= 4 is 10.1 Å². The molecule has 1 aromatic heterocycles. The van der Waals surface area contributed by atoms with E-state index >= 15 is 0 Å². The standard InChI is InChI=1S/C23H22N2O8S/c1-14-7-9-16(10-8-14)34(28,29)30-13-17-19-20(33-22(32-19)15-5-3-2-4-6-15)21(31-17)25-12-11-18(26)24-23(25)27/h2-12,17,19-22H,13H2,1H3,(H,24,26,27)/t17-,19-,20-,21-,22?/m1/s1. The Kier molecular flexibility index (Phi) is 5.96. The summed E-state index contributed by atoms with van der Waals surface area (Å²) < 4.78 is 50.0. The summed E-state index contributed by atoms with van der Waals surface area (Å²) in [6.45, 7) is 1.50. The molecule has 34 heavy (non-hydrogen) atoms. The lowest BCUT2D eigenvalue weighted by molar-refractivity contribution is -0.153. The third-order valence-electron chi connectivity index (χ3n) is 5.74. The van der Waals surface area contributed by atoms with Gasteiger partial charge in [-0.15, -0.1) is 0 Å². The van der Waals surface area contributed by atoms with E-state index in [1.165, 1.54) is 29.0 Å². The number of aryl methyl sites for hydroxylation is 1. The molecule has 5 rings (SSSR count). The molecule has 3 heterocycles. The van der Waals surface area contributed by atoms with Crippen molar-refractivity contribution in [2.24, 2.45) is 0 Å². The molecule has 1 N–H and O–H groups in total. The minimum Gasteiger partial charge on any atom is -0.346 e. The van der Waals surface area contributed by atoms with Crippen LogP contribution in [0.2, 0.25) is 0 Å². The number of aromatic amines is 1. The Bertz CT molecular complexity index is 1380. The highest BCUT2D eigenvalue weighted by molar-refractivity contribution is 7.86. The van der Waals surface area contributed by atoms with Gasteiger partial charge >= 0.3 is 5.69 Å². The molecule has 0 bridgehead atoms. The quantitative estimate of drug-likeness (QED) is 0.521. The molecule has 0 aliphatic carbocycles. The summed E-state index contributed by atoms with van der Waals surface area (Å²) in [7, 11) is -4.05. The van der Waals surface area contributed by atoms with Crippen LogP contribution in [0.4, 0.5) is 0 Å². The molecule has 0 saturated carbocycles. The van der Waals surface area contributed by atoms with Gasteiger partial charge in [0, 0.05) is 17.8 Å². The van der Waals surface area contributed by atoms with Crippen molar-refractivity contribution in [2.75, 3.05) is 6.61 Å². The largest absolute Gasteiger partial charge is 0.346 e. The van der Waals surface area contributed by atoms with Gasteiger partial charge in [0.25, 0.3) is 15.7 Å². The number of H-pyrrole nitrogens is 1. The van der Waals surface area contributed by atoms with Crippen molar-refractivity contribution in [2.45, 2.75) is 42.6 Å². The summed E-state index contributed by atoms with van der Waals surface area (Å²) in [4.78, 5) is 26.1. The van der Waals surface area contributed by atoms with Crippen LogP contribution in [0.15, 0.2) is 81.3 Å². The van der Waals surface area contributed by atoms with E-state index in [-0.39, 0.29) is 11.5 Å². The molecule has 2 saturated heterocycles. The molecule has 1 unspecified atom stereocenters. The second-order valence-electron chi connectivity index (χ2n) is 8.08. The minimum atomic E-state index is -4.05. The van der Waals surface area contributed by atoms with Gasteiger partial charge in [-0.2, -0.15) is 8.42 Å². The summed E-state index contributed by atoms with van der Waals surface area (Å²) in [6.07, 6.45) is -2.72. The topological polar surface area (TPSA) is 126 Å². The molecule has 0 amide bonds. The zero-order chi connectivity index (χ0) is 23.9. The van der Waals surface area contributed by atoms with Gasteiger partial charge in [-0.3, -0.25) is 18.5 Å². The Morgan fingerprint density at radius 1 is 0.941 bits per heavy atom. The van der Waals surface area contributed by atoms with Crippen LogP contribution in [0.1, 0.15) is 23.6 Å². The average Bonchev–Trinajstić information content (AvgIpc) is 3.39. The predicted molar refractivity (Wildman–Crippen MR) is 118 cm³/mol. The van der Waals surface area contributed by atoms with Crippen molar-refractivity contribution in [1.82, 2.24) is 9.55 Å². The first-order valence-corrected chi connectivity index (χ1v) is 12.0. The van der Waals surface area contributed by atoms with Crippen LogP contribution in [0.25, 0.3) is 0 Å². The first-order chi connectivity index (χ1) is 16.3. The number of benzene rings is 2. The van der Waals surface area contributed by atoms with E-state index in [0.717, 1.165) is 11.1 Å². The maximum absolute atomic E-state index is 12.7. The lowest BCUT2D eigenvalue weighted by Crippen LogP contribution is -2.36. The highest BCUT2D eigenvalue weighted by atomic mass is 32.2. The molecule has 2 aromatic carbocycles. The highest BCUT2D eigenvalue weighted by Gasteiger charge is 2.54. The maximum atomic E-state index is 12.7. The van der Waals surface area contributed by atoms with Crippen molar-refractivity contribution in [3.05, 3.63) is 98.8 Å². The summed E-state index contributed by atoms with van der Waals surface area (Å²) in [5.74, 6) is 0. The van der Waals surface area contributed by atoms with Gasteiger partial charge in [0.2, 0.25) is 0 Å². The van der Waals surface area contributed by atoms with E-state index in [9.17, 15) is 18.0 Å². The van der Waals surface area contributed by atoms with E-state index in [0.29, 0.717) is 0 Å². The van der Waals surface area contributed by atoms with Crippen LogP contribution in [0.3, 0.4) is 0 Å². The van der Waals surface area contributed by atoms with Gasteiger partial charge < -0.3 is 14.2 Å². The van der Waals surface area contributed by atoms with Crippen molar-refractivity contribution < 1.29 is 26.8 Å². The number of aromatic nitrogens is 2. The van der Waals surface area contributed by atoms with E-state index in [4.69, 9.17) is 18.4 Å². The molecule has 178 valence electrons. The van der Waals surface area contributed by atoms with Gasteiger partial charge in [-0.25, -0.2) is 4.79 Å². The van der Waals surface area contributed by atoms with Crippen LogP contribution in [0, 0.1) is 6.92 Å². The fourth-order valence-corrected chi connectivity index (χ4v) is 4.94. The lowest BCUT2D eigenvalue weighted by Gasteiger charge is -2.21. The molecular weight excluding hydrogens is 464 g/mol. The van der Waals surface area contributed by atoms with Crippen LogP contribution in [-0.2, 0) is 28.5 Å². The van der Waals surface area contributed by atoms with E-state index in [1.807, 2.05) is 37.3 Å². The Morgan fingerprint density at radius 3 is 2.35 bits per heavy atom. The molecule has 2 aliphatic heterocycles. The third kappa shape index (κ3) is 4.36. The Morgan fingerprint density at radius 2 is 1.65 bits per heavy atom. The summed E-state index contributed by atoms with van der Waals surface area (Å²) in [5.41, 5.74) is 0.442. The number of fused-ring (bicyclic) bond motifs is 1. The van der Waals surface area contributed by atoms with Gasteiger partial charge in [-0.05, 0) is 19.1 Å². The molecular formula is C23H22N2O8S. The minimum absolute atomic E-state index is 0.0202. The average molecular weight is 487 g/mol. The summed E-state index contributed by atoms with van der Waals surface area (Å²) in [6, 6.07) is 16.7. The molecule has 0 spiro atoms. The molecule has 11 heteroatoms. The van der Waals surface area contributed by atoms with Gasteiger partial charge in [0.15, 0.2) is 12.5 Å².